The van der Waals surface area contributed by atoms with Crippen LogP contribution in [0.3, 0.4) is 0 Å². The number of amides is 1. The second kappa shape index (κ2) is 6.87. The second-order valence-electron chi connectivity index (χ2n) is 6.97. The third kappa shape index (κ3) is 3.23. The largest absolute Gasteiger partial charge is 0.321 e. The molecule has 0 saturated heterocycles. The first-order chi connectivity index (χ1) is 14.2. The molecule has 1 N–H and O–H groups in total. The van der Waals surface area contributed by atoms with Crippen molar-refractivity contribution in [3.8, 4) is 11.3 Å². The minimum absolute atomic E-state index is 0.230. The van der Waals surface area contributed by atoms with E-state index in [1.54, 1.807) is 6.07 Å². The molecule has 0 atom stereocenters. The highest BCUT2D eigenvalue weighted by molar-refractivity contribution is 6.04. The number of hydrogen-bond acceptors (Lipinski definition) is 3. The third-order valence-electron chi connectivity index (χ3n) is 4.95. The van der Waals surface area contributed by atoms with Crippen molar-refractivity contribution < 1.29 is 4.79 Å². The van der Waals surface area contributed by atoms with Gasteiger partial charge in [-0.2, -0.15) is 0 Å². The highest BCUT2D eigenvalue weighted by Crippen LogP contribution is 2.23. The average molecular weight is 378 g/mol. The minimum Gasteiger partial charge on any atom is -0.321 e. The summed E-state index contributed by atoms with van der Waals surface area (Å²) in [5.74, 6) is -0.230. The van der Waals surface area contributed by atoms with Gasteiger partial charge in [0, 0.05) is 29.0 Å². The number of hydrogen-bond donors (Lipinski definition) is 1. The van der Waals surface area contributed by atoms with E-state index in [2.05, 4.69) is 10.3 Å². The Morgan fingerprint density at radius 1 is 0.897 bits per heavy atom. The molecule has 3 heterocycles. The maximum absolute atomic E-state index is 12.6. The Labute approximate surface area is 167 Å². The van der Waals surface area contributed by atoms with Crippen LogP contribution >= 0.6 is 0 Å². The van der Waals surface area contributed by atoms with Gasteiger partial charge in [0.15, 0.2) is 0 Å². The summed E-state index contributed by atoms with van der Waals surface area (Å²) >= 11 is 0. The predicted molar refractivity (Wildman–Crippen MR) is 115 cm³/mol. The van der Waals surface area contributed by atoms with Gasteiger partial charge in [0.1, 0.15) is 11.3 Å². The topological polar surface area (TPSA) is 59.3 Å². The van der Waals surface area contributed by atoms with Crippen LogP contribution < -0.4 is 5.32 Å². The van der Waals surface area contributed by atoms with E-state index in [1.165, 1.54) is 0 Å². The van der Waals surface area contributed by atoms with Gasteiger partial charge in [-0.15, -0.1) is 0 Å². The number of pyridine rings is 2. The van der Waals surface area contributed by atoms with Crippen LogP contribution in [-0.4, -0.2) is 20.3 Å². The van der Waals surface area contributed by atoms with Crippen LogP contribution in [0.2, 0.25) is 0 Å². The maximum atomic E-state index is 12.6. The van der Waals surface area contributed by atoms with Crippen molar-refractivity contribution in [1.82, 2.24) is 14.4 Å². The third-order valence-corrected chi connectivity index (χ3v) is 4.95. The molecule has 0 bridgehead atoms. The monoisotopic (exact) mass is 378 g/mol. The van der Waals surface area contributed by atoms with Crippen LogP contribution in [0.15, 0.2) is 85.2 Å². The second-order valence-corrected chi connectivity index (χ2v) is 6.97. The summed E-state index contributed by atoms with van der Waals surface area (Å²) in [6, 6.07) is 23.1. The van der Waals surface area contributed by atoms with Crippen LogP contribution in [0.4, 0.5) is 5.69 Å². The normalized spacial score (nSPS) is 11.1. The molecule has 0 aliphatic heterocycles. The van der Waals surface area contributed by atoms with Crippen molar-refractivity contribution in [2.24, 2.45) is 0 Å². The van der Waals surface area contributed by atoms with Gasteiger partial charge in [0.2, 0.25) is 0 Å². The maximum Gasteiger partial charge on any atom is 0.274 e. The number of anilines is 1. The number of nitrogens with one attached hydrogen (secondary N) is 1. The molecule has 29 heavy (non-hydrogen) atoms. The van der Waals surface area contributed by atoms with Crippen molar-refractivity contribution in [3.05, 3.63) is 96.4 Å². The van der Waals surface area contributed by atoms with E-state index in [-0.39, 0.29) is 5.91 Å². The first-order valence-corrected chi connectivity index (χ1v) is 9.39. The highest BCUT2D eigenvalue weighted by Gasteiger charge is 2.10. The lowest BCUT2D eigenvalue weighted by atomic mass is 10.1. The quantitative estimate of drug-likeness (QED) is 0.475. The van der Waals surface area contributed by atoms with Crippen LogP contribution in [0.25, 0.3) is 27.8 Å². The molecule has 0 radical (unpaired) electrons. The first-order valence-electron chi connectivity index (χ1n) is 9.39. The van der Waals surface area contributed by atoms with Crippen molar-refractivity contribution in [1.29, 1.82) is 0 Å². The van der Waals surface area contributed by atoms with Crippen LogP contribution in [-0.2, 0) is 0 Å². The zero-order valence-corrected chi connectivity index (χ0v) is 15.8. The molecule has 0 aliphatic carbocycles. The molecule has 1 amide bonds. The number of rotatable bonds is 3. The van der Waals surface area contributed by atoms with E-state index in [0.717, 1.165) is 33.4 Å². The average Bonchev–Trinajstić information content (AvgIpc) is 3.20. The van der Waals surface area contributed by atoms with Gasteiger partial charge in [-0.25, -0.2) is 9.97 Å². The minimum atomic E-state index is -0.230. The zero-order valence-electron chi connectivity index (χ0n) is 15.8. The van der Waals surface area contributed by atoms with Crippen LogP contribution in [0.1, 0.15) is 16.1 Å². The van der Waals surface area contributed by atoms with Gasteiger partial charge in [-0.3, -0.25) is 4.79 Å². The van der Waals surface area contributed by atoms with E-state index in [4.69, 9.17) is 4.98 Å². The smallest absolute Gasteiger partial charge is 0.274 e. The van der Waals surface area contributed by atoms with E-state index < -0.39 is 0 Å². The van der Waals surface area contributed by atoms with Gasteiger partial charge in [-0.05, 0) is 42.8 Å². The molecule has 0 aliphatic rings. The van der Waals surface area contributed by atoms with Crippen molar-refractivity contribution >= 4 is 28.1 Å². The molecule has 0 saturated carbocycles. The molecule has 2 aromatic carbocycles. The molecule has 5 rings (SSSR count). The number of aromatic nitrogens is 3. The number of para-hydroxylation sites is 1. The molecule has 5 aromatic rings. The van der Waals surface area contributed by atoms with Crippen molar-refractivity contribution in [3.63, 3.8) is 0 Å². The Bertz CT molecular complexity index is 1350. The Balaban J connectivity index is 1.37. The lowest BCUT2D eigenvalue weighted by Gasteiger charge is -2.06. The first kappa shape index (κ1) is 17.1. The standard InChI is InChI=1S/C24H18N4O/c1-16-5-4-14-28-15-22(27-23(16)28)18-8-11-19(12-9-18)25-24(29)21-13-10-17-6-2-3-7-20(17)26-21/h2-15H,1H3,(H,25,29). The van der Waals surface area contributed by atoms with Crippen molar-refractivity contribution in [2.75, 3.05) is 5.32 Å². The molecular formula is C24H18N4O. The number of fused-ring (bicyclic) bond motifs is 2. The molecule has 0 fully saturated rings. The Morgan fingerprint density at radius 3 is 2.55 bits per heavy atom. The molecule has 0 spiro atoms. The van der Waals surface area contributed by atoms with E-state index in [0.29, 0.717) is 11.4 Å². The Morgan fingerprint density at radius 2 is 1.72 bits per heavy atom. The lowest BCUT2D eigenvalue weighted by Crippen LogP contribution is -2.13. The number of benzene rings is 2. The summed E-state index contributed by atoms with van der Waals surface area (Å²) in [4.78, 5) is 21.7. The number of carbonyl (C=O) groups is 1. The zero-order chi connectivity index (χ0) is 19.8. The Kier molecular flexibility index (Phi) is 4.06. The number of imidazole rings is 1. The van der Waals surface area contributed by atoms with E-state index in [1.807, 2.05) is 90.4 Å². The molecule has 140 valence electrons. The van der Waals surface area contributed by atoms with Gasteiger partial charge in [-0.1, -0.05) is 42.5 Å². The van der Waals surface area contributed by atoms with Gasteiger partial charge >= 0.3 is 0 Å². The molecule has 0 unspecified atom stereocenters. The van der Waals surface area contributed by atoms with Gasteiger partial charge in [0.25, 0.3) is 5.91 Å². The summed E-state index contributed by atoms with van der Waals surface area (Å²) in [7, 11) is 0. The molecular weight excluding hydrogens is 360 g/mol. The SMILES string of the molecule is Cc1cccn2cc(-c3ccc(NC(=O)c4ccc5ccccc5n4)cc3)nc12. The van der Waals surface area contributed by atoms with Crippen molar-refractivity contribution in [2.45, 2.75) is 6.92 Å². The van der Waals surface area contributed by atoms with Gasteiger partial charge in [0.05, 0.1) is 11.2 Å². The molecule has 5 heteroatoms. The number of nitrogens with zero attached hydrogens (tertiary/aromatic N) is 3. The Hall–Kier alpha value is -3.99. The van der Waals surface area contributed by atoms with Gasteiger partial charge < -0.3 is 9.72 Å². The van der Waals surface area contributed by atoms with E-state index >= 15 is 0 Å². The number of aryl methyl sites for hydroxylation is 1. The van der Waals surface area contributed by atoms with Crippen LogP contribution in [0, 0.1) is 6.92 Å². The summed E-state index contributed by atoms with van der Waals surface area (Å²) in [6.07, 6.45) is 4.00. The molecule has 3 aromatic heterocycles. The summed E-state index contributed by atoms with van der Waals surface area (Å²) in [5.41, 5.74) is 5.88. The number of carbonyl (C=O) groups excluding carboxylic acids is 1. The summed E-state index contributed by atoms with van der Waals surface area (Å²) < 4.78 is 2.02. The van der Waals surface area contributed by atoms with Crippen LogP contribution in [0.5, 0.6) is 0 Å². The fourth-order valence-corrected chi connectivity index (χ4v) is 3.40. The lowest BCUT2D eigenvalue weighted by molar-refractivity contribution is 0.102. The fraction of sp³-hybridized carbons (Fsp3) is 0.0417. The van der Waals surface area contributed by atoms with E-state index in [9.17, 15) is 4.79 Å². The molecule has 5 nitrogen and oxygen atoms in total. The highest BCUT2D eigenvalue weighted by atomic mass is 16.1. The summed E-state index contributed by atoms with van der Waals surface area (Å²) in [6.45, 7) is 2.05. The summed E-state index contributed by atoms with van der Waals surface area (Å²) in [5, 5.41) is 3.92. The predicted octanol–water partition coefficient (Wildman–Crippen LogP) is 5.11. The fourth-order valence-electron chi connectivity index (χ4n) is 3.40.